The number of anilines is 1. The van der Waals surface area contributed by atoms with E-state index in [1.807, 2.05) is 0 Å². The molecule has 1 aliphatic rings. The molecule has 1 aromatic heterocycles. The van der Waals surface area contributed by atoms with E-state index in [9.17, 15) is 21.6 Å². The molecule has 0 unspecified atom stereocenters. The van der Waals surface area contributed by atoms with Crippen LogP contribution in [0.15, 0.2) is 52.3 Å². The second-order valence-corrected chi connectivity index (χ2v) is 12.9. The van der Waals surface area contributed by atoms with Gasteiger partial charge in [-0.1, -0.05) is 24.2 Å². The van der Waals surface area contributed by atoms with Crippen LogP contribution in [0.5, 0.6) is 0 Å². The smallest absolute Gasteiger partial charge is 0.257 e. The van der Waals surface area contributed by atoms with E-state index in [4.69, 9.17) is 0 Å². The van der Waals surface area contributed by atoms with Crippen molar-refractivity contribution in [2.24, 2.45) is 0 Å². The highest BCUT2D eigenvalue weighted by atomic mass is 32.2. The lowest BCUT2D eigenvalue weighted by Crippen LogP contribution is -2.35. The molecule has 8 nitrogen and oxygen atoms in total. The van der Waals surface area contributed by atoms with Gasteiger partial charge in [0.2, 0.25) is 10.0 Å². The first-order chi connectivity index (χ1) is 15.1. The highest BCUT2D eigenvalue weighted by Crippen LogP contribution is 2.29. The van der Waals surface area contributed by atoms with E-state index in [0.717, 1.165) is 31.9 Å². The number of nitrogens with zero attached hydrogens (tertiary/aromatic N) is 2. The minimum absolute atomic E-state index is 0.0187. The van der Waals surface area contributed by atoms with Crippen LogP contribution in [-0.4, -0.2) is 51.4 Å². The molecule has 11 heteroatoms. The number of sulfone groups is 1. The molecule has 0 spiro atoms. The normalized spacial score (nSPS) is 15.5. The van der Waals surface area contributed by atoms with E-state index in [1.54, 1.807) is 13.1 Å². The molecule has 1 heterocycles. The van der Waals surface area contributed by atoms with Gasteiger partial charge in [0.15, 0.2) is 15.0 Å². The predicted octanol–water partition coefficient (Wildman–Crippen LogP) is 3.52. The summed E-state index contributed by atoms with van der Waals surface area (Å²) in [6.45, 7) is 0. The third kappa shape index (κ3) is 4.56. The summed E-state index contributed by atoms with van der Waals surface area (Å²) in [4.78, 5) is 17.3. The van der Waals surface area contributed by atoms with Gasteiger partial charge in [0, 0.05) is 24.9 Å². The molecule has 0 radical (unpaired) electrons. The maximum Gasteiger partial charge on any atom is 0.257 e. The maximum atomic E-state index is 12.9. The number of rotatable bonds is 6. The average Bonchev–Trinajstić information content (AvgIpc) is 3.41. The van der Waals surface area contributed by atoms with E-state index >= 15 is 0 Å². The number of carbonyl (C=O) groups excluding carboxylic acids is 1. The second kappa shape index (κ2) is 8.54. The number of thiazole rings is 1. The molecule has 1 N–H and O–H groups in total. The molecule has 1 fully saturated rings. The summed E-state index contributed by atoms with van der Waals surface area (Å²) < 4.78 is 51.3. The number of amides is 1. The standard InChI is InChI=1S/C21H23N3O5S3/c1-24(15-5-3-4-6-15)32(28,29)16-9-7-14(8-10-16)20(25)23-21-22-18-12-11-17(31(2,26)27)13-19(18)30-21/h7-13,15H,3-6H2,1-2H3,(H,22,23,25). The van der Waals surface area contributed by atoms with Crippen LogP contribution in [0, 0.1) is 0 Å². The minimum atomic E-state index is -3.62. The maximum absolute atomic E-state index is 12.9. The molecule has 0 atom stereocenters. The molecule has 32 heavy (non-hydrogen) atoms. The fourth-order valence-corrected chi connectivity index (χ4v) is 6.80. The number of carbonyl (C=O) groups is 1. The Morgan fingerprint density at radius 3 is 2.28 bits per heavy atom. The van der Waals surface area contributed by atoms with Gasteiger partial charge in [-0.15, -0.1) is 0 Å². The number of hydrogen-bond acceptors (Lipinski definition) is 7. The fourth-order valence-electron chi connectivity index (χ4n) is 3.77. The molecule has 170 valence electrons. The van der Waals surface area contributed by atoms with Gasteiger partial charge < -0.3 is 0 Å². The molecule has 4 rings (SSSR count). The number of hydrogen-bond donors (Lipinski definition) is 1. The van der Waals surface area contributed by atoms with Crippen molar-refractivity contribution in [2.45, 2.75) is 41.5 Å². The molecule has 1 aliphatic carbocycles. The van der Waals surface area contributed by atoms with Gasteiger partial charge in [-0.25, -0.2) is 21.8 Å². The highest BCUT2D eigenvalue weighted by Gasteiger charge is 2.30. The van der Waals surface area contributed by atoms with Crippen molar-refractivity contribution >= 4 is 52.5 Å². The summed E-state index contributed by atoms with van der Waals surface area (Å²) in [6.07, 6.45) is 4.93. The Balaban J connectivity index is 1.50. The molecular weight excluding hydrogens is 470 g/mol. The molecule has 0 aliphatic heterocycles. The summed E-state index contributed by atoms with van der Waals surface area (Å²) in [7, 11) is -5.35. The largest absolute Gasteiger partial charge is 0.298 e. The summed E-state index contributed by atoms with van der Waals surface area (Å²) in [5.74, 6) is -0.430. The summed E-state index contributed by atoms with van der Waals surface area (Å²) >= 11 is 1.17. The van der Waals surface area contributed by atoms with Crippen molar-refractivity contribution in [3.8, 4) is 0 Å². The van der Waals surface area contributed by atoms with Gasteiger partial charge in [0.25, 0.3) is 5.91 Å². The third-order valence-electron chi connectivity index (χ3n) is 5.64. The van der Waals surface area contributed by atoms with Crippen LogP contribution in [0.2, 0.25) is 0 Å². The number of fused-ring (bicyclic) bond motifs is 1. The van der Waals surface area contributed by atoms with Crippen molar-refractivity contribution in [2.75, 3.05) is 18.6 Å². The zero-order chi connectivity index (χ0) is 23.1. The molecule has 2 aromatic carbocycles. The average molecular weight is 494 g/mol. The van der Waals surface area contributed by atoms with E-state index in [2.05, 4.69) is 10.3 Å². The summed E-state index contributed by atoms with van der Waals surface area (Å²) in [5.41, 5.74) is 0.873. The first-order valence-electron chi connectivity index (χ1n) is 10.1. The van der Waals surface area contributed by atoms with Gasteiger partial charge >= 0.3 is 0 Å². The number of nitrogens with one attached hydrogen (secondary N) is 1. The number of aromatic nitrogens is 1. The van der Waals surface area contributed by atoms with Gasteiger partial charge in [-0.3, -0.25) is 10.1 Å². The molecule has 1 amide bonds. The van der Waals surface area contributed by atoms with Gasteiger partial charge in [0.05, 0.1) is 20.0 Å². The Kier molecular flexibility index (Phi) is 6.10. The Morgan fingerprint density at radius 2 is 1.66 bits per heavy atom. The Bertz CT molecular complexity index is 1370. The predicted molar refractivity (Wildman–Crippen MR) is 124 cm³/mol. The minimum Gasteiger partial charge on any atom is -0.298 e. The van der Waals surface area contributed by atoms with Crippen molar-refractivity contribution in [1.82, 2.24) is 9.29 Å². The molecule has 0 bridgehead atoms. The van der Waals surface area contributed by atoms with Crippen LogP contribution in [0.4, 0.5) is 5.13 Å². The van der Waals surface area contributed by atoms with Gasteiger partial charge in [-0.05, 0) is 55.3 Å². The summed E-state index contributed by atoms with van der Waals surface area (Å²) in [5, 5.41) is 3.02. The van der Waals surface area contributed by atoms with Crippen molar-refractivity contribution in [1.29, 1.82) is 0 Å². The topological polar surface area (TPSA) is 114 Å². The lowest BCUT2D eigenvalue weighted by molar-refractivity contribution is 0.102. The van der Waals surface area contributed by atoms with E-state index in [1.165, 1.54) is 52.0 Å². The van der Waals surface area contributed by atoms with Crippen molar-refractivity contribution < 1.29 is 21.6 Å². The molecule has 0 saturated heterocycles. The van der Waals surface area contributed by atoms with E-state index < -0.39 is 25.8 Å². The quantitative estimate of drug-likeness (QED) is 0.562. The van der Waals surface area contributed by atoms with Crippen molar-refractivity contribution in [3.63, 3.8) is 0 Å². The fraction of sp³-hybridized carbons (Fsp3) is 0.333. The molecule has 3 aromatic rings. The van der Waals surface area contributed by atoms with Crippen LogP contribution in [-0.2, 0) is 19.9 Å². The Morgan fingerprint density at radius 1 is 1.03 bits per heavy atom. The third-order valence-corrected chi connectivity index (χ3v) is 9.61. The molecule has 1 saturated carbocycles. The monoisotopic (exact) mass is 493 g/mol. The Hall–Kier alpha value is -2.34. The van der Waals surface area contributed by atoms with E-state index in [-0.39, 0.29) is 15.8 Å². The van der Waals surface area contributed by atoms with Gasteiger partial charge in [-0.2, -0.15) is 4.31 Å². The lowest BCUT2D eigenvalue weighted by Gasteiger charge is -2.23. The van der Waals surface area contributed by atoms with Crippen LogP contribution in [0.25, 0.3) is 10.2 Å². The lowest BCUT2D eigenvalue weighted by atomic mass is 10.2. The first-order valence-corrected chi connectivity index (χ1v) is 14.2. The Labute approximate surface area is 191 Å². The zero-order valence-corrected chi connectivity index (χ0v) is 20.1. The van der Waals surface area contributed by atoms with Crippen LogP contribution < -0.4 is 5.32 Å². The highest BCUT2D eigenvalue weighted by molar-refractivity contribution is 7.90. The second-order valence-electron chi connectivity index (χ2n) is 7.86. The van der Waals surface area contributed by atoms with Crippen LogP contribution in [0.3, 0.4) is 0 Å². The number of benzene rings is 2. The van der Waals surface area contributed by atoms with Gasteiger partial charge in [0.1, 0.15) is 0 Å². The van der Waals surface area contributed by atoms with E-state index in [0.29, 0.717) is 20.9 Å². The summed E-state index contributed by atoms with van der Waals surface area (Å²) in [6, 6.07) is 10.4. The van der Waals surface area contributed by atoms with Crippen molar-refractivity contribution in [3.05, 3.63) is 48.0 Å². The SMILES string of the molecule is CN(C1CCCC1)S(=O)(=O)c1ccc(C(=O)Nc2nc3ccc(S(C)(=O)=O)cc3s2)cc1. The first kappa shape index (κ1) is 22.8. The number of sulfonamides is 1. The van der Waals surface area contributed by atoms with Crippen LogP contribution in [0.1, 0.15) is 36.0 Å². The van der Waals surface area contributed by atoms with Crippen LogP contribution >= 0.6 is 11.3 Å². The zero-order valence-electron chi connectivity index (χ0n) is 17.6. The molecular formula is C21H23N3O5S3.